The van der Waals surface area contributed by atoms with E-state index in [1.54, 1.807) is 49.6 Å². The monoisotopic (exact) mass is 462 g/mol. The van der Waals surface area contributed by atoms with E-state index in [0.29, 0.717) is 16.1 Å². The van der Waals surface area contributed by atoms with Crippen molar-refractivity contribution in [3.8, 4) is 11.1 Å². The molecule has 8 heteroatoms. The van der Waals surface area contributed by atoms with Gasteiger partial charge in [-0.1, -0.05) is 54.1 Å². The molecule has 2 aromatic carbocycles. The van der Waals surface area contributed by atoms with Crippen LogP contribution >= 0.6 is 11.3 Å². The summed E-state index contributed by atoms with van der Waals surface area (Å²) in [6.07, 6.45) is 1.42. The molecule has 0 aliphatic carbocycles. The molecule has 168 valence electrons. The van der Waals surface area contributed by atoms with Crippen molar-refractivity contribution < 1.29 is 23.9 Å². The van der Waals surface area contributed by atoms with E-state index in [1.165, 1.54) is 17.4 Å². The number of amides is 3. The van der Waals surface area contributed by atoms with Gasteiger partial charge in [-0.15, -0.1) is 11.3 Å². The number of anilines is 1. The minimum Gasteiger partial charge on any atom is -0.452 e. The number of benzene rings is 2. The lowest BCUT2D eigenvalue weighted by molar-refractivity contribution is -0.123. The zero-order chi connectivity index (χ0) is 23.8. The highest BCUT2D eigenvalue weighted by atomic mass is 32.1. The molecule has 0 aliphatic heterocycles. The topological polar surface area (TPSA) is 102 Å². The van der Waals surface area contributed by atoms with Gasteiger partial charge in [0.05, 0.1) is 0 Å². The van der Waals surface area contributed by atoms with E-state index in [4.69, 9.17) is 4.74 Å². The molecule has 33 heavy (non-hydrogen) atoms. The van der Waals surface area contributed by atoms with Gasteiger partial charge in [-0.25, -0.2) is 4.79 Å². The zero-order valence-electron chi connectivity index (χ0n) is 18.1. The Balaban J connectivity index is 1.76. The molecule has 7 nitrogen and oxygen atoms in total. The van der Waals surface area contributed by atoms with Crippen LogP contribution in [0.3, 0.4) is 0 Å². The van der Waals surface area contributed by atoms with Crippen LogP contribution in [0.1, 0.15) is 34.6 Å². The highest BCUT2D eigenvalue weighted by Crippen LogP contribution is 2.36. The van der Waals surface area contributed by atoms with E-state index >= 15 is 0 Å². The van der Waals surface area contributed by atoms with Crippen LogP contribution in [0.4, 0.5) is 5.00 Å². The normalized spacial score (nSPS) is 10.1. The number of imide groups is 1. The van der Waals surface area contributed by atoms with Crippen molar-refractivity contribution >= 4 is 40.0 Å². The van der Waals surface area contributed by atoms with Crippen molar-refractivity contribution in [1.29, 1.82) is 0 Å². The molecule has 1 heterocycles. The number of thiophene rings is 1. The summed E-state index contributed by atoms with van der Waals surface area (Å²) in [4.78, 5) is 49.4. The van der Waals surface area contributed by atoms with Gasteiger partial charge < -0.3 is 10.1 Å². The number of allylic oxidation sites excluding steroid dienone is 1. The average molecular weight is 463 g/mol. The molecule has 3 aromatic rings. The van der Waals surface area contributed by atoms with Crippen LogP contribution in [0.2, 0.25) is 0 Å². The number of esters is 1. The molecule has 0 radical (unpaired) electrons. The van der Waals surface area contributed by atoms with Gasteiger partial charge in [0.25, 0.3) is 11.8 Å². The van der Waals surface area contributed by atoms with Crippen LogP contribution in [-0.4, -0.2) is 30.3 Å². The Morgan fingerprint density at radius 2 is 1.58 bits per heavy atom. The maximum Gasteiger partial charge on any atom is 0.342 e. The fraction of sp³-hybridized carbons (Fsp3) is 0.120. The predicted octanol–water partition coefficient (Wildman–Crippen LogP) is 4.43. The quantitative estimate of drug-likeness (QED) is 0.399. The third-order valence-electron chi connectivity index (χ3n) is 4.36. The van der Waals surface area contributed by atoms with E-state index in [0.717, 1.165) is 11.1 Å². The summed E-state index contributed by atoms with van der Waals surface area (Å²) in [6, 6.07) is 17.4. The first-order valence-corrected chi connectivity index (χ1v) is 10.9. The summed E-state index contributed by atoms with van der Waals surface area (Å²) in [5.74, 6) is -2.52. The average Bonchev–Trinajstić information content (AvgIpc) is 3.21. The molecule has 0 saturated carbocycles. The Kier molecular flexibility index (Phi) is 7.88. The molecule has 3 amide bonds. The first kappa shape index (κ1) is 23.6. The molecule has 0 saturated heterocycles. The Labute approximate surface area is 195 Å². The third kappa shape index (κ3) is 6.47. The minimum atomic E-state index is -0.787. The van der Waals surface area contributed by atoms with Crippen LogP contribution in [0.25, 0.3) is 11.1 Å². The number of carbonyl (C=O) groups is 4. The number of rotatable bonds is 7. The number of hydrogen-bond donors (Lipinski definition) is 2. The van der Waals surface area contributed by atoms with Gasteiger partial charge >= 0.3 is 5.97 Å². The first-order chi connectivity index (χ1) is 15.8. The second-order valence-electron chi connectivity index (χ2n) is 7.25. The number of nitrogens with one attached hydrogen (secondary N) is 2. The minimum absolute atomic E-state index is 0.142. The fourth-order valence-electron chi connectivity index (χ4n) is 2.92. The molecule has 0 unspecified atom stereocenters. The van der Waals surface area contributed by atoms with Gasteiger partial charge in [-0.05, 0) is 31.5 Å². The van der Waals surface area contributed by atoms with E-state index in [9.17, 15) is 19.2 Å². The first-order valence-electron chi connectivity index (χ1n) is 10.0. The summed E-state index contributed by atoms with van der Waals surface area (Å²) in [5.41, 5.74) is 2.58. The Bertz CT molecular complexity index is 1200. The van der Waals surface area contributed by atoms with Crippen LogP contribution < -0.4 is 10.6 Å². The van der Waals surface area contributed by atoms with Crippen molar-refractivity contribution in [2.45, 2.75) is 13.8 Å². The van der Waals surface area contributed by atoms with E-state index in [-0.39, 0.29) is 11.5 Å². The molecule has 0 bridgehead atoms. The zero-order valence-corrected chi connectivity index (χ0v) is 18.9. The van der Waals surface area contributed by atoms with Crippen LogP contribution in [0, 0.1) is 0 Å². The van der Waals surface area contributed by atoms with Crippen molar-refractivity contribution in [2.24, 2.45) is 0 Å². The van der Waals surface area contributed by atoms with Crippen LogP contribution in [0.5, 0.6) is 0 Å². The van der Waals surface area contributed by atoms with Crippen molar-refractivity contribution in [3.05, 3.63) is 88.8 Å². The van der Waals surface area contributed by atoms with Crippen molar-refractivity contribution in [1.82, 2.24) is 5.32 Å². The van der Waals surface area contributed by atoms with Crippen molar-refractivity contribution in [3.63, 3.8) is 0 Å². The van der Waals surface area contributed by atoms with Crippen LogP contribution in [-0.2, 0) is 14.3 Å². The van der Waals surface area contributed by atoms with Crippen molar-refractivity contribution in [2.75, 3.05) is 11.9 Å². The fourth-order valence-corrected chi connectivity index (χ4v) is 3.88. The highest BCUT2D eigenvalue weighted by Gasteiger charge is 2.23. The van der Waals surface area contributed by atoms with Gasteiger partial charge in [0, 0.05) is 22.6 Å². The van der Waals surface area contributed by atoms with Gasteiger partial charge in [0.1, 0.15) is 10.6 Å². The lowest BCUT2D eigenvalue weighted by Gasteiger charge is -2.09. The number of ether oxygens (including phenoxy) is 1. The lowest BCUT2D eigenvalue weighted by Crippen LogP contribution is -2.34. The SMILES string of the molecule is CC(C)=CC(=O)Nc1scc(-c2ccccc2)c1C(=O)OCC(=O)NC(=O)c1ccccc1. The van der Waals surface area contributed by atoms with E-state index < -0.39 is 24.4 Å². The number of hydrogen-bond acceptors (Lipinski definition) is 6. The van der Waals surface area contributed by atoms with E-state index in [2.05, 4.69) is 10.6 Å². The molecule has 0 atom stereocenters. The Morgan fingerprint density at radius 3 is 2.21 bits per heavy atom. The predicted molar refractivity (Wildman–Crippen MR) is 127 cm³/mol. The summed E-state index contributed by atoms with van der Waals surface area (Å²) < 4.78 is 5.19. The van der Waals surface area contributed by atoms with E-state index in [1.807, 2.05) is 30.3 Å². The molecular weight excluding hydrogens is 440 g/mol. The van der Waals surface area contributed by atoms with Gasteiger partial charge in [-0.3, -0.25) is 19.7 Å². The second kappa shape index (κ2) is 11.0. The van der Waals surface area contributed by atoms with Gasteiger partial charge in [0.2, 0.25) is 5.91 Å². The lowest BCUT2D eigenvalue weighted by atomic mass is 10.0. The molecule has 0 aliphatic rings. The van der Waals surface area contributed by atoms with Gasteiger partial charge in [-0.2, -0.15) is 0 Å². The molecule has 0 fully saturated rings. The molecule has 1 aromatic heterocycles. The highest BCUT2D eigenvalue weighted by molar-refractivity contribution is 7.15. The maximum absolute atomic E-state index is 12.9. The molecule has 2 N–H and O–H groups in total. The third-order valence-corrected chi connectivity index (χ3v) is 5.26. The molecule has 3 rings (SSSR count). The second-order valence-corrected chi connectivity index (χ2v) is 8.13. The summed E-state index contributed by atoms with van der Waals surface area (Å²) >= 11 is 1.18. The van der Waals surface area contributed by atoms with Crippen LogP contribution in [0.15, 0.2) is 77.7 Å². The summed E-state index contributed by atoms with van der Waals surface area (Å²) in [7, 11) is 0. The standard InChI is InChI=1S/C25H22N2O5S/c1-16(2)13-20(28)27-24-22(19(15-33-24)17-9-5-3-6-10-17)25(31)32-14-21(29)26-23(30)18-11-7-4-8-12-18/h3-13,15H,14H2,1-2H3,(H,27,28)(H,26,29,30). The van der Waals surface area contributed by atoms with Gasteiger partial charge in [0.15, 0.2) is 6.61 Å². The maximum atomic E-state index is 12.9. The molecule has 0 spiro atoms. The largest absolute Gasteiger partial charge is 0.452 e. The summed E-state index contributed by atoms with van der Waals surface area (Å²) in [6.45, 7) is 2.92. The summed E-state index contributed by atoms with van der Waals surface area (Å²) in [5, 5.41) is 6.93. The number of carbonyl (C=O) groups excluding carboxylic acids is 4. The smallest absolute Gasteiger partial charge is 0.342 e. The Morgan fingerprint density at radius 1 is 0.939 bits per heavy atom. The Hall–Kier alpha value is -4.04. The molecular formula is C25H22N2O5S.